The van der Waals surface area contributed by atoms with Gasteiger partial charge in [-0.05, 0) is 42.6 Å². The molecule has 0 aliphatic carbocycles. The van der Waals surface area contributed by atoms with E-state index in [0.717, 1.165) is 16.6 Å². The average molecular weight is 351 g/mol. The zero-order chi connectivity index (χ0) is 18.7. The molecule has 0 aliphatic rings. The Balaban J connectivity index is 1.79. The van der Waals surface area contributed by atoms with Crippen molar-refractivity contribution >= 4 is 34.1 Å². The lowest BCUT2D eigenvalue weighted by Crippen LogP contribution is -2.19. The molecule has 6 heteroatoms. The third-order valence-electron chi connectivity index (χ3n) is 4.11. The molecule has 2 N–H and O–H groups in total. The molecule has 0 aliphatic heterocycles. The van der Waals surface area contributed by atoms with Gasteiger partial charge in [0.05, 0.1) is 12.8 Å². The van der Waals surface area contributed by atoms with E-state index in [1.54, 1.807) is 18.2 Å². The van der Waals surface area contributed by atoms with Crippen LogP contribution in [0.4, 0.5) is 11.4 Å². The van der Waals surface area contributed by atoms with Gasteiger partial charge in [-0.2, -0.15) is 0 Å². The minimum Gasteiger partial charge on any atom is -0.495 e. The summed E-state index contributed by atoms with van der Waals surface area (Å²) in [6.07, 6.45) is 0. The number of aryl methyl sites for hydroxylation is 1. The van der Waals surface area contributed by atoms with Crippen molar-refractivity contribution in [3.63, 3.8) is 0 Å². The van der Waals surface area contributed by atoms with Crippen LogP contribution in [0.15, 0.2) is 48.5 Å². The fourth-order valence-corrected chi connectivity index (χ4v) is 2.98. The van der Waals surface area contributed by atoms with Gasteiger partial charge in [0.2, 0.25) is 11.8 Å². The van der Waals surface area contributed by atoms with Gasteiger partial charge in [0.15, 0.2) is 0 Å². The minimum absolute atomic E-state index is 0.145. The summed E-state index contributed by atoms with van der Waals surface area (Å²) in [5, 5.41) is 6.67. The second-order valence-corrected chi connectivity index (χ2v) is 6.08. The normalized spacial score (nSPS) is 10.6. The molecule has 26 heavy (non-hydrogen) atoms. The van der Waals surface area contributed by atoms with E-state index in [1.807, 2.05) is 35.8 Å². The van der Waals surface area contributed by atoms with Gasteiger partial charge in [0, 0.05) is 23.8 Å². The number of nitrogens with one attached hydrogen (secondary N) is 2. The van der Waals surface area contributed by atoms with Crippen LogP contribution in [0, 0.1) is 6.92 Å². The molecule has 0 unspecified atom stereocenters. The molecular weight excluding hydrogens is 330 g/mol. The smallest absolute Gasteiger partial charge is 0.244 e. The molecule has 0 radical (unpaired) electrons. The molecule has 0 atom stereocenters. The number of carbonyl (C=O) groups is 2. The maximum Gasteiger partial charge on any atom is 0.244 e. The molecule has 3 rings (SSSR count). The second-order valence-electron chi connectivity index (χ2n) is 6.08. The number of fused-ring (bicyclic) bond motifs is 1. The molecule has 0 saturated heterocycles. The van der Waals surface area contributed by atoms with E-state index >= 15 is 0 Å². The highest BCUT2D eigenvalue weighted by Gasteiger charge is 2.11. The number of amides is 2. The van der Waals surface area contributed by atoms with Gasteiger partial charge in [-0.25, -0.2) is 0 Å². The predicted octanol–water partition coefficient (Wildman–Crippen LogP) is 3.56. The van der Waals surface area contributed by atoms with Gasteiger partial charge in [-0.3, -0.25) is 9.59 Å². The second kappa shape index (κ2) is 7.31. The molecule has 0 bridgehead atoms. The van der Waals surface area contributed by atoms with Crippen molar-refractivity contribution in [3.8, 4) is 5.75 Å². The van der Waals surface area contributed by atoms with Crippen LogP contribution < -0.4 is 15.4 Å². The first-order chi connectivity index (χ1) is 12.5. The van der Waals surface area contributed by atoms with Gasteiger partial charge < -0.3 is 19.9 Å². The Morgan fingerprint density at radius 2 is 1.85 bits per heavy atom. The summed E-state index contributed by atoms with van der Waals surface area (Å²) in [5.74, 6) is 0.181. The van der Waals surface area contributed by atoms with Crippen molar-refractivity contribution in [3.05, 3.63) is 54.2 Å². The first-order valence-corrected chi connectivity index (χ1v) is 8.28. The van der Waals surface area contributed by atoms with Gasteiger partial charge in [-0.15, -0.1) is 0 Å². The molecule has 0 spiro atoms. The highest BCUT2D eigenvalue weighted by molar-refractivity contribution is 5.95. The van der Waals surface area contributed by atoms with Crippen LogP contribution in [0.5, 0.6) is 5.75 Å². The van der Waals surface area contributed by atoms with Crippen LogP contribution in [0.2, 0.25) is 0 Å². The lowest BCUT2D eigenvalue weighted by atomic mass is 10.2. The Labute approximate surface area is 151 Å². The fourth-order valence-electron chi connectivity index (χ4n) is 2.98. The number of para-hydroxylation sites is 1. The number of aromatic nitrogens is 1. The van der Waals surface area contributed by atoms with Crippen molar-refractivity contribution in [2.75, 3.05) is 17.7 Å². The highest BCUT2D eigenvalue weighted by Crippen LogP contribution is 2.28. The Kier molecular flexibility index (Phi) is 4.93. The Morgan fingerprint density at radius 3 is 2.58 bits per heavy atom. The van der Waals surface area contributed by atoms with E-state index in [0.29, 0.717) is 17.1 Å². The molecule has 1 heterocycles. The van der Waals surface area contributed by atoms with Crippen LogP contribution in [0.1, 0.15) is 12.6 Å². The molecule has 0 fully saturated rings. The van der Waals surface area contributed by atoms with Crippen LogP contribution in [0.25, 0.3) is 10.9 Å². The number of hydrogen-bond acceptors (Lipinski definition) is 3. The highest BCUT2D eigenvalue weighted by atomic mass is 16.5. The van der Waals surface area contributed by atoms with Crippen LogP contribution in [-0.2, 0) is 16.1 Å². The van der Waals surface area contributed by atoms with E-state index < -0.39 is 0 Å². The topological polar surface area (TPSA) is 72.4 Å². The summed E-state index contributed by atoms with van der Waals surface area (Å²) in [4.78, 5) is 23.8. The minimum atomic E-state index is -0.207. The number of ether oxygens (including phenoxy) is 1. The zero-order valence-electron chi connectivity index (χ0n) is 15.0. The summed E-state index contributed by atoms with van der Waals surface area (Å²) >= 11 is 0. The molecule has 2 aromatic carbocycles. The zero-order valence-corrected chi connectivity index (χ0v) is 15.0. The maximum absolute atomic E-state index is 12.5. The average Bonchev–Trinajstić information content (AvgIpc) is 2.90. The summed E-state index contributed by atoms with van der Waals surface area (Å²) in [6.45, 7) is 3.61. The van der Waals surface area contributed by atoms with Crippen LogP contribution in [0.3, 0.4) is 0 Å². The lowest BCUT2D eigenvalue weighted by Gasteiger charge is -2.13. The predicted molar refractivity (Wildman–Crippen MR) is 103 cm³/mol. The number of anilines is 2. The molecule has 3 aromatic rings. The number of rotatable bonds is 5. The fraction of sp³-hybridized carbons (Fsp3) is 0.200. The van der Waals surface area contributed by atoms with Crippen molar-refractivity contribution < 1.29 is 14.3 Å². The molecule has 6 nitrogen and oxygen atoms in total. The molecule has 134 valence electrons. The van der Waals surface area contributed by atoms with Crippen LogP contribution >= 0.6 is 0 Å². The summed E-state index contributed by atoms with van der Waals surface area (Å²) in [6, 6.07) is 15.1. The van der Waals surface area contributed by atoms with E-state index in [4.69, 9.17) is 4.74 Å². The first kappa shape index (κ1) is 17.5. The van der Waals surface area contributed by atoms with Crippen molar-refractivity contribution in [1.82, 2.24) is 4.57 Å². The summed E-state index contributed by atoms with van der Waals surface area (Å²) in [5.41, 5.74) is 3.15. The van der Waals surface area contributed by atoms with E-state index in [-0.39, 0.29) is 18.4 Å². The van der Waals surface area contributed by atoms with Crippen molar-refractivity contribution in [2.45, 2.75) is 20.4 Å². The summed E-state index contributed by atoms with van der Waals surface area (Å²) < 4.78 is 7.20. The molecule has 2 amide bonds. The molecular formula is C20H21N3O3. The number of benzene rings is 2. The number of carbonyl (C=O) groups excluding carboxylic acids is 2. The summed E-state index contributed by atoms with van der Waals surface area (Å²) in [7, 11) is 1.53. The monoisotopic (exact) mass is 351 g/mol. The SMILES string of the molecule is COc1ccc(NC(=O)Cn2c(C)cc3ccccc32)cc1NC(C)=O. The quantitative estimate of drug-likeness (QED) is 0.738. The van der Waals surface area contributed by atoms with Crippen molar-refractivity contribution in [1.29, 1.82) is 0 Å². The standard InChI is InChI=1S/C20H21N3O3/c1-13-10-15-6-4-5-7-18(15)23(13)12-20(25)22-16-8-9-19(26-3)17(11-16)21-14(2)24/h4-11H,12H2,1-3H3,(H,21,24)(H,22,25). The van der Waals surface area contributed by atoms with E-state index in [2.05, 4.69) is 16.7 Å². The number of methoxy groups -OCH3 is 1. The Morgan fingerprint density at radius 1 is 1.08 bits per heavy atom. The lowest BCUT2D eigenvalue weighted by molar-refractivity contribution is -0.116. The number of nitrogens with zero attached hydrogens (tertiary/aromatic N) is 1. The first-order valence-electron chi connectivity index (χ1n) is 8.28. The van der Waals surface area contributed by atoms with E-state index in [1.165, 1.54) is 14.0 Å². The molecule has 1 aromatic heterocycles. The Hall–Kier alpha value is -3.28. The molecule has 0 saturated carbocycles. The third-order valence-corrected chi connectivity index (χ3v) is 4.11. The van der Waals surface area contributed by atoms with E-state index in [9.17, 15) is 9.59 Å². The largest absolute Gasteiger partial charge is 0.495 e. The van der Waals surface area contributed by atoms with Gasteiger partial charge in [-0.1, -0.05) is 18.2 Å². The van der Waals surface area contributed by atoms with Gasteiger partial charge in [0.25, 0.3) is 0 Å². The number of hydrogen-bond donors (Lipinski definition) is 2. The van der Waals surface area contributed by atoms with Crippen molar-refractivity contribution in [2.24, 2.45) is 0 Å². The van der Waals surface area contributed by atoms with Gasteiger partial charge in [0.1, 0.15) is 12.3 Å². The van der Waals surface area contributed by atoms with Crippen LogP contribution in [-0.4, -0.2) is 23.5 Å². The Bertz CT molecular complexity index is 976. The van der Waals surface area contributed by atoms with Gasteiger partial charge >= 0.3 is 0 Å². The third kappa shape index (κ3) is 3.69. The maximum atomic E-state index is 12.5.